The minimum Gasteiger partial charge on any atom is -0.497 e. The average Bonchev–Trinajstić information content (AvgIpc) is 2.76. The Morgan fingerprint density at radius 3 is 2.48 bits per heavy atom. The number of hydrogen-bond acceptors (Lipinski definition) is 8. The van der Waals surface area contributed by atoms with E-state index in [1.54, 1.807) is 12.1 Å². The summed E-state index contributed by atoms with van der Waals surface area (Å²) in [6.07, 6.45) is 0. The first kappa shape index (κ1) is 23.4. The molecule has 2 N–H and O–H groups in total. The van der Waals surface area contributed by atoms with Gasteiger partial charge in [-0.2, -0.15) is 0 Å². The fourth-order valence-corrected chi connectivity index (χ4v) is 2.53. The number of benzene rings is 2. The highest BCUT2D eigenvalue weighted by Crippen LogP contribution is 2.28. The number of ether oxygens (including phenoxy) is 3. The maximum Gasteiger partial charge on any atom is 0.325 e. The monoisotopic (exact) mass is 451 g/mol. The third-order valence-corrected chi connectivity index (χ3v) is 4.16. The first-order valence-corrected chi connectivity index (χ1v) is 9.02. The van der Waals surface area contributed by atoms with Crippen LogP contribution in [0.3, 0.4) is 0 Å². The summed E-state index contributed by atoms with van der Waals surface area (Å²) in [4.78, 5) is 46.0. The molecule has 2 aromatic carbocycles. The average molecular weight is 452 g/mol. The minimum absolute atomic E-state index is 0.0632. The molecule has 2 rings (SSSR count). The van der Waals surface area contributed by atoms with Crippen molar-refractivity contribution in [2.24, 2.45) is 0 Å². The van der Waals surface area contributed by atoms with Crippen LogP contribution in [0.25, 0.3) is 0 Å². The minimum atomic E-state index is -0.885. The Labute approximate surface area is 181 Å². The molecule has 0 spiro atoms. The van der Waals surface area contributed by atoms with Crippen molar-refractivity contribution in [1.29, 1.82) is 0 Å². The Balaban J connectivity index is 1.86. The number of anilines is 1. The van der Waals surface area contributed by atoms with E-state index in [0.29, 0.717) is 17.2 Å². The maximum absolute atomic E-state index is 12.1. The number of amides is 2. The molecule has 0 atom stereocenters. The van der Waals surface area contributed by atoms with Crippen molar-refractivity contribution in [3.05, 3.63) is 57.1 Å². The van der Waals surface area contributed by atoms with Crippen LogP contribution in [0.15, 0.2) is 36.4 Å². The van der Waals surface area contributed by atoms with E-state index in [-0.39, 0.29) is 10.6 Å². The molecule has 0 saturated carbocycles. The van der Waals surface area contributed by atoms with Crippen LogP contribution >= 0.6 is 11.6 Å². The van der Waals surface area contributed by atoms with E-state index in [0.717, 1.165) is 6.07 Å². The molecule has 11 nitrogen and oxygen atoms in total. The van der Waals surface area contributed by atoms with Crippen LogP contribution in [0.5, 0.6) is 11.5 Å². The molecule has 0 unspecified atom stereocenters. The number of halogens is 1. The molecule has 0 bridgehead atoms. The number of nitro benzene ring substituents is 1. The fourth-order valence-electron chi connectivity index (χ4n) is 2.34. The molecule has 31 heavy (non-hydrogen) atoms. The van der Waals surface area contributed by atoms with Crippen LogP contribution in [0.1, 0.15) is 10.4 Å². The molecule has 0 aliphatic rings. The highest BCUT2D eigenvalue weighted by molar-refractivity contribution is 6.32. The smallest absolute Gasteiger partial charge is 0.325 e. The van der Waals surface area contributed by atoms with E-state index in [2.05, 4.69) is 10.6 Å². The standard InChI is InChI=1S/C19H18ClN3O8/c1-29-12-4-6-16(30-2)14(8-12)22-17(24)10-31-18(25)9-21-19(26)11-3-5-13(20)15(7-11)23(27)28/h3-8H,9-10H2,1-2H3,(H,21,26)(H,22,24). The molecular formula is C19H18ClN3O8. The lowest BCUT2D eigenvalue weighted by Crippen LogP contribution is -2.32. The molecular weight excluding hydrogens is 434 g/mol. The zero-order valence-electron chi connectivity index (χ0n) is 16.5. The topological polar surface area (TPSA) is 146 Å². The summed E-state index contributed by atoms with van der Waals surface area (Å²) in [5.41, 5.74) is -0.186. The van der Waals surface area contributed by atoms with Crippen LogP contribution in [0, 0.1) is 10.1 Å². The Kier molecular flexibility index (Phi) is 8.15. The molecule has 0 aliphatic carbocycles. The van der Waals surface area contributed by atoms with Gasteiger partial charge in [-0.05, 0) is 24.3 Å². The van der Waals surface area contributed by atoms with Crippen molar-refractivity contribution in [2.45, 2.75) is 0 Å². The van der Waals surface area contributed by atoms with Gasteiger partial charge in [0.15, 0.2) is 6.61 Å². The molecule has 0 heterocycles. The first-order valence-electron chi connectivity index (χ1n) is 8.64. The highest BCUT2D eigenvalue weighted by atomic mass is 35.5. The van der Waals surface area contributed by atoms with Crippen molar-refractivity contribution in [3.63, 3.8) is 0 Å². The van der Waals surface area contributed by atoms with E-state index in [1.165, 1.54) is 32.4 Å². The first-order chi connectivity index (χ1) is 14.7. The second-order valence-electron chi connectivity index (χ2n) is 5.88. The van der Waals surface area contributed by atoms with Gasteiger partial charge >= 0.3 is 5.97 Å². The predicted octanol–water partition coefficient (Wildman–Crippen LogP) is 2.18. The summed E-state index contributed by atoms with van der Waals surface area (Å²) in [5, 5.41) is 15.5. The lowest BCUT2D eigenvalue weighted by molar-refractivity contribution is -0.384. The molecule has 2 aromatic rings. The third-order valence-electron chi connectivity index (χ3n) is 3.84. The second-order valence-corrected chi connectivity index (χ2v) is 6.29. The normalized spacial score (nSPS) is 10.0. The predicted molar refractivity (Wildman–Crippen MR) is 110 cm³/mol. The quantitative estimate of drug-likeness (QED) is 0.335. The summed E-state index contributed by atoms with van der Waals surface area (Å²) < 4.78 is 15.0. The van der Waals surface area contributed by atoms with Gasteiger partial charge in [0.1, 0.15) is 23.1 Å². The van der Waals surface area contributed by atoms with Crippen molar-refractivity contribution in [2.75, 3.05) is 32.7 Å². The maximum atomic E-state index is 12.1. The number of carbonyl (C=O) groups is 3. The van der Waals surface area contributed by atoms with Crippen LogP contribution in [0.2, 0.25) is 5.02 Å². The molecule has 2 amide bonds. The van der Waals surface area contributed by atoms with E-state index in [9.17, 15) is 24.5 Å². The number of hydrogen-bond donors (Lipinski definition) is 2. The highest BCUT2D eigenvalue weighted by Gasteiger charge is 2.17. The SMILES string of the molecule is COc1ccc(OC)c(NC(=O)COC(=O)CNC(=O)c2ccc(Cl)c([N+](=O)[O-])c2)c1. The number of nitro groups is 1. The van der Waals surface area contributed by atoms with E-state index in [1.807, 2.05) is 0 Å². The van der Waals surface area contributed by atoms with E-state index in [4.69, 9.17) is 25.8 Å². The van der Waals surface area contributed by atoms with Crippen LogP contribution in [0.4, 0.5) is 11.4 Å². The summed E-state index contributed by atoms with van der Waals surface area (Å²) in [7, 11) is 2.89. The summed E-state index contributed by atoms with van der Waals surface area (Å²) >= 11 is 5.69. The van der Waals surface area contributed by atoms with Crippen molar-refractivity contribution in [3.8, 4) is 11.5 Å². The number of esters is 1. The van der Waals surface area contributed by atoms with E-state index >= 15 is 0 Å². The zero-order chi connectivity index (χ0) is 23.0. The molecule has 0 fully saturated rings. The van der Waals surface area contributed by atoms with Gasteiger partial charge in [0.05, 0.1) is 24.8 Å². The van der Waals surface area contributed by atoms with E-state index < -0.39 is 41.5 Å². The van der Waals surface area contributed by atoms with Crippen molar-refractivity contribution < 1.29 is 33.5 Å². The molecule has 164 valence electrons. The van der Waals surface area contributed by atoms with Crippen LogP contribution < -0.4 is 20.1 Å². The summed E-state index contributed by atoms with van der Waals surface area (Å²) in [6, 6.07) is 8.22. The van der Waals surface area contributed by atoms with Gasteiger partial charge in [-0.3, -0.25) is 24.5 Å². The zero-order valence-corrected chi connectivity index (χ0v) is 17.2. The number of nitrogens with zero attached hydrogens (tertiary/aromatic N) is 1. The third kappa shape index (κ3) is 6.57. The number of rotatable bonds is 9. The number of nitrogens with one attached hydrogen (secondary N) is 2. The largest absolute Gasteiger partial charge is 0.497 e. The van der Waals surface area contributed by atoms with Crippen molar-refractivity contribution in [1.82, 2.24) is 5.32 Å². The Bertz CT molecular complexity index is 1010. The Morgan fingerprint density at radius 1 is 1.10 bits per heavy atom. The summed E-state index contributed by atoms with van der Waals surface area (Å²) in [6.45, 7) is -1.16. The van der Waals surface area contributed by atoms with Gasteiger partial charge in [0, 0.05) is 17.7 Å². The summed E-state index contributed by atoms with van der Waals surface area (Å²) in [5.74, 6) is -1.41. The molecule has 0 aromatic heterocycles. The van der Waals surface area contributed by atoms with Crippen LogP contribution in [-0.4, -0.2) is 50.1 Å². The van der Waals surface area contributed by atoms with Gasteiger partial charge in [-0.1, -0.05) is 11.6 Å². The molecule has 0 radical (unpaired) electrons. The van der Waals surface area contributed by atoms with Gasteiger partial charge in [-0.15, -0.1) is 0 Å². The number of carbonyl (C=O) groups excluding carboxylic acids is 3. The Morgan fingerprint density at radius 2 is 1.84 bits per heavy atom. The van der Waals surface area contributed by atoms with Gasteiger partial charge < -0.3 is 24.8 Å². The molecule has 12 heteroatoms. The van der Waals surface area contributed by atoms with Gasteiger partial charge in [0.25, 0.3) is 17.5 Å². The van der Waals surface area contributed by atoms with Crippen LogP contribution in [-0.2, 0) is 14.3 Å². The lowest BCUT2D eigenvalue weighted by Gasteiger charge is -2.12. The molecule has 0 saturated heterocycles. The lowest BCUT2D eigenvalue weighted by atomic mass is 10.2. The Hall–Kier alpha value is -3.86. The molecule has 0 aliphatic heterocycles. The number of methoxy groups -OCH3 is 2. The fraction of sp³-hybridized carbons (Fsp3) is 0.211. The second kappa shape index (κ2) is 10.8. The van der Waals surface area contributed by atoms with Crippen molar-refractivity contribution >= 4 is 40.8 Å². The van der Waals surface area contributed by atoms with Gasteiger partial charge in [-0.25, -0.2) is 0 Å². The van der Waals surface area contributed by atoms with Gasteiger partial charge in [0.2, 0.25) is 0 Å².